The molecule has 2 nitrogen and oxygen atoms in total. The van der Waals surface area contributed by atoms with Crippen LogP contribution in [-0.2, 0) is 0 Å². The van der Waals surface area contributed by atoms with E-state index in [-0.39, 0.29) is 12.4 Å². The van der Waals surface area contributed by atoms with Crippen LogP contribution in [0.25, 0.3) is 0 Å². The zero-order chi connectivity index (χ0) is 12.4. The Morgan fingerprint density at radius 1 is 1.26 bits per heavy atom. The number of halogens is 1. The number of nitrogens with one attached hydrogen (secondary N) is 1. The molecular formula is C16H25ClN2. The zero-order valence-corrected chi connectivity index (χ0v) is 12.6. The maximum absolute atomic E-state index is 3.56. The van der Waals surface area contributed by atoms with Crippen LogP contribution in [0.1, 0.15) is 44.1 Å². The number of rotatable bonds is 4. The van der Waals surface area contributed by atoms with E-state index in [0.717, 1.165) is 18.5 Å². The monoisotopic (exact) mass is 280 g/mol. The van der Waals surface area contributed by atoms with Gasteiger partial charge in [-0.05, 0) is 31.0 Å². The highest BCUT2D eigenvalue weighted by Crippen LogP contribution is 2.43. The Balaban J connectivity index is 0.00000133. The average Bonchev–Trinajstić information content (AvgIpc) is 2.74. The maximum atomic E-state index is 3.56. The van der Waals surface area contributed by atoms with E-state index in [1.54, 1.807) is 5.56 Å². The van der Waals surface area contributed by atoms with E-state index in [1.165, 1.54) is 44.5 Å². The van der Waals surface area contributed by atoms with Crippen molar-refractivity contribution in [3.05, 3.63) is 29.8 Å². The number of hydrogen-bond acceptors (Lipinski definition) is 2. The second-order valence-electron chi connectivity index (χ2n) is 5.63. The van der Waals surface area contributed by atoms with Gasteiger partial charge in [-0.2, -0.15) is 0 Å². The molecule has 1 fully saturated rings. The molecule has 3 rings (SSSR count). The van der Waals surface area contributed by atoms with Gasteiger partial charge in [0.15, 0.2) is 0 Å². The summed E-state index contributed by atoms with van der Waals surface area (Å²) in [6, 6.07) is 9.79. The maximum Gasteiger partial charge on any atom is 0.0405 e. The predicted molar refractivity (Wildman–Crippen MR) is 84.6 cm³/mol. The number of benzene rings is 1. The molecule has 0 bridgehead atoms. The SMILES string of the molecule is CCCCCN1c2ccccc2C2CNCCC21.Cl. The Kier molecular flexibility index (Phi) is 5.12. The van der Waals surface area contributed by atoms with Gasteiger partial charge >= 0.3 is 0 Å². The lowest BCUT2D eigenvalue weighted by Crippen LogP contribution is -2.44. The van der Waals surface area contributed by atoms with E-state index in [9.17, 15) is 0 Å². The van der Waals surface area contributed by atoms with Crippen LogP contribution < -0.4 is 10.2 Å². The quantitative estimate of drug-likeness (QED) is 0.849. The molecule has 1 N–H and O–H groups in total. The number of unbranched alkanes of at least 4 members (excludes halogenated alkanes) is 2. The topological polar surface area (TPSA) is 15.3 Å². The lowest BCUT2D eigenvalue weighted by Gasteiger charge is -2.34. The van der Waals surface area contributed by atoms with Crippen molar-refractivity contribution in [3.63, 3.8) is 0 Å². The summed E-state index contributed by atoms with van der Waals surface area (Å²) in [7, 11) is 0. The first-order chi connectivity index (χ1) is 8.92. The highest BCUT2D eigenvalue weighted by molar-refractivity contribution is 5.85. The third kappa shape index (κ3) is 2.75. The lowest BCUT2D eigenvalue weighted by molar-refractivity contribution is 0.400. The van der Waals surface area contributed by atoms with Gasteiger partial charge in [0.25, 0.3) is 0 Å². The minimum absolute atomic E-state index is 0. The fourth-order valence-electron chi connectivity index (χ4n) is 3.59. The van der Waals surface area contributed by atoms with E-state index in [2.05, 4.69) is 41.4 Å². The number of piperidine rings is 1. The van der Waals surface area contributed by atoms with E-state index >= 15 is 0 Å². The van der Waals surface area contributed by atoms with E-state index in [4.69, 9.17) is 0 Å². The summed E-state index contributed by atoms with van der Waals surface area (Å²) in [5, 5.41) is 3.56. The molecule has 2 aliphatic heterocycles. The van der Waals surface area contributed by atoms with Crippen molar-refractivity contribution in [2.24, 2.45) is 0 Å². The van der Waals surface area contributed by atoms with Crippen molar-refractivity contribution >= 4 is 18.1 Å². The summed E-state index contributed by atoms with van der Waals surface area (Å²) in [5.74, 6) is 0.719. The molecule has 1 aromatic carbocycles. The summed E-state index contributed by atoms with van der Waals surface area (Å²) >= 11 is 0. The van der Waals surface area contributed by atoms with Gasteiger partial charge in [-0.1, -0.05) is 38.0 Å². The Morgan fingerprint density at radius 2 is 2.11 bits per heavy atom. The molecule has 0 amide bonds. The van der Waals surface area contributed by atoms with Crippen LogP contribution in [-0.4, -0.2) is 25.7 Å². The van der Waals surface area contributed by atoms with Gasteiger partial charge < -0.3 is 10.2 Å². The molecule has 0 aromatic heterocycles. The first kappa shape index (κ1) is 14.7. The summed E-state index contributed by atoms with van der Waals surface area (Å²) < 4.78 is 0. The zero-order valence-electron chi connectivity index (χ0n) is 11.8. The highest BCUT2D eigenvalue weighted by Gasteiger charge is 2.38. The van der Waals surface area contributed by atoms with Crippen molar-refractivity contribution in [3.8, 4) is 0 Å². The van der Waals surface area contributed by atoms with Crippen molar-refractivity contribution in [1.82, 2.24) is 5.32 Å². The van der Waals surface area contributed by atoms with Crippen molar-refractivity contribution < 1.29 is 0 Å². The molecule has 2 unspecified atom stereocenters. The molecule has 19 heavy (non-hydrogen) atoms. The molecule has 1 aromatic rings. The predicted octanol–water partition coefficient (Wildman–Crippen LogP) is 3.56. The molecular weight excluding hydrogens is 256 g/mol. The lowest BCUT2D eigenvalue weighted by atomic mass is 9.90. The standard InChI is InChI=1S/C16H24N2.ClH/c1-2-3-6-11-18-15-8-5-4-7-13(15)14-12-17-10-9-16(14)18;/h4-5,7-8,14,16-17H,2-3,6,9-12H2,1H3;1H. The summed E-state index contributed by atoms with van der Waals surface area (Å²) in [5.41, 5.74) is 3.08. The van der Waals surface area contributed by atoms with Crippen LogP contribution in [0.15, 0.2) is 24.3 Å². The molecule has 2 aliphatic rings. The minimum atomic E-state index is 0. The van der Waals surface area contributed by atoms with Gasteiger partial charge in [0.05, 0.1) is 0 Å². The number of fused-ring (bicyclic) bond motifs is 3. The number of anilines is 1. The van der Waals surface area contributed by atoms with E-state index in [1.807, 2.05) is 0 Å². The highest BCUT2D eigenvalue weighted by atomic mass is 35.5. The van der Waals surface area contributed by atoms with Gasteiger partial charge in [-0.3, -0.25) is 0 Å². The first-order valence-corrected chi connectivity index (χ1v) is 7.48. The van der Waals surface area contributed by atoms with Crippen LogP contribution in [0.3, 0.4) is 0 Å². The second kappa shape index (κ2) is 6.62. The first-order valence-electron chi connectivity index (χ1n) is 7.48. The summed E-state index contributed by atoms with van der Waals surface area (Å²) in [6.07, 6.45) is 5.30. The van der Waals surface area contributed by atoms with Gasteiger partial charge in [0.2, 0.25) is 0 Å². The average molecular weight is 281 g/mol. The normalized spacial score (nSPS) is 24.6. The molecule has 0 saturated carbocycles. The Bertz CT molecular complexity index is 407. The number of para-hydroxylation sites is 1. The van der Waals surface area contributed by atoms with Crippen LogP contribution in [0.5, 0.6) is 0 Å². The summed E-state index contributed by atoms with van der Waals surface area (Å²) in [6.45, 7) is 5.86. The van der Waals surface area contributed by atoms with Crippen LogP contribution in [0, 0.1) is 0 Å². The molecule has 2 heterocycles. The van der Waals surface area contributed by atoms with Gasteiger partial charge in [0, 0.05) is 30.7 Å². The fraction of sp³-hybridized carbons (Fsp3) is 0.625. The Hall–Kier alpha value is -0.730. The molecule has 0 aliphatic carbocycles. The third-order valence-electron chi connectivity index (χ3n) is 4.49. The molecule has 3 heteroatoms. The fourth-order valence-corrected chi connectivity index (χ4v) is 3.59. The van der Waals surface area contributed by atoms with Gasteiger partial charge in [-0.25, -0.2) is 0 Å². The molecule has 0 spiro atoms. The van der Waals surface area contributed by atoms with Crippen LogP contribution in [0.4, 0.5) is 5.69 Å². The van der Waals surface area contributed by atoms with Gasteiger partial charge in [-0.15, -0.1) is 12.4 Å². The van der Waals surface area contributed by atoms with Crippen molar-refractivity contribution in [2.75, 3.05) is 24.5 Å². The largest absolute Gasteiger partial charge is 0.368 e. The van der Waals surface area contributed by atoms with Crippen molar-refractivity contribution in [1.29, 1.82) is 0 Å². The second-order valence-corrected chi connectivity index (χ2v) is 5.63. The Morgan fingerprint density at radius 3 is 2.95 bits per heavy atom. The van der Waals surface area contributed by atoms with Crippen LogP contribution in [0.2, 0.25) is 0 Å². The molecule has 0 radical (unpaired) electrons. The van der Waals surface area contributed by atoms with Gasteiger partial charge in [0.1, 0.15) is 0 Å². The van der Waals surface area contributed by atoms with E-state index in [0.29, 0.717) is 0 Å². The number of hydrogen-bond donors (Lipinski definition) is 1. The third-order valence-corrected chi connectivity index (χ3v) is 4.49. The van der Waals surface area contributed by atoms with E-state index < -0.39 is 0 Å². The smallest absolute Gasteiger partial charge is 0.0405 e. The minimum Gasteiger partial charge on any atom is -0.368 e. The molecule has 1 saturated heterocycles. The van der Waals surface area contributed by atoms with Crippen molar-refractivity contribution in [2.45, 2.75) is 44.6 Å². The molecule has 2 atom stereocenters. The Labute approximate surface area is 123 Å². The number of nitrogens with zero attached hydrogens (tertiary/aromatic N) is 1. The van der Waals surface area contributed by atoms with Crippen LogP contribution >= 0.6 is 12.4 Å². The summed E-state index contributed by atoms with van der Waals surface area (Å²) in [4.78, 5) is 2.69. The molecule has 106 valence electrons.